The van der Waals surface area contributed by atoms with Crippen LogP contribution in [0.3, 0.4) is 0 Å². The lowest BCUT2D eigenvalue weighted by molar-refractivity contribution is -0.129. The van der Waals surface area contributed by atoms with Crippen molar-refractivity contribution in [2.45, 2.75) is 40.0 Å². The van der Waals surface area contributed by atoms with Gasteiger partial charge >= 0.3 is 0 Å². The molecule has 0 aliphatic carbocycles. The summed E-state index contributed by atoms with van der Waals surface area (Å²) in [5.74, 6) is 0.0948. The van der Waals surface area contributed by atoms with Gasteiger partial charge in [-0.2, -0.15) is 0 Å². The Labute approximate surface area is 128 Å². The van der Waals surface area contributed by atoms with Crippen molar-refractivity contribution in [2.75, 3.05) is 33.0 Å². The van der Waals surface area contributed by atoms with E-state index in [1.54, 1.807) is 0 Å². The van der Waals surface area contributed by atoms with Crippen molar-refractivity contribution in [2.24, 2.45) is 5.41 Å². The Morgan fingerprint density at radius 3 is 2.33 bits per heavy atom. The molecule has 5 heteroatoms. The van der Waals surface area contributed by atoms with Gasteiger partial charge in [-0.25, -0.2) is 0 Å². The highest BCUT2D eigenvalue weighted by molar-refractivity contribution is 5.88. The van der Waals surface area contributed by atoms with Crippen LogP contribution in [0.5, 0.6) is 0 Å². The maximum absolute atomic E-state index is 11.8. The molecule has 0 aromatic carbocycles. The summed E-state index contributed by atoms with van der Waals surface area (Å²) in [5, 5.41) is 2.85. The fourth-order valence-corrected chi connectivity index (χ4v) is 1.41. The number of carbonyl (C=O) groups excluding carboxylic acids is 2. The van der Waals surface area contributed by atoms with Crippen molar-refractivity contribution < 1.29 is 19.1 Å². The minimum atomic E-state index is -0.327. The maximum atomic E-state index is 11.8. The largest absolute Gasteiger partial charge is 0.379 e. The highest BCUT2D eigenvalue weighted by Crippen LogP contribution is 2.18. The van der Waals surface area contributed by atoms with Gasteiger partial charge in [-0.15, -0.1) is 0 Å². The average molecular weight is 299 g/mol. The molecule has 0 fully saturated rings. The number of nitrogens with one attached hydrogen (secondary N) is 1. The molecule has 0 saturated heterocycles. The van der Waals surface area contributed by atoms with E-state index in [-0.39, 0.29) is 17.1 Å². The van der Waals surface area contributed by atoms with E-state index in [0.717, 1.165) is 6.42 Å². The van der Waals surface area contributed by atoms with E-state index in [9.17, 15) is 9.59 Å². The highest BCUT2D eigenvalue weighted by atomic mass is 16.5. The van der Waals surface area contributed by atoms with Crippen LogP contribution in [0.4, 0.5) is 0 Å². The Bertz CT molecular complexity index is 326. The quantitative estimate of drug-likeness (QED) is 0.418. The first-order valence-corrected chi connectivity index (χ1v) is 7.53. The summed E-state index contributed by atoms with van der Waals surface area (Å²) in [6, 6.07) is 0. The van der Waals surface area contributed by atoms with Crippen LogP contribution in [0, 0.1) is 5.41 Å². The molecule has 0 aliphatic rings. The highest BCUT2D eigenvalue weighted by Gasteiger charge is 2.24. The second-order valence-corrected chi connectivity index (χ2v) is 5.49. The third-order valence-electron chi connectivity index (χ3n) is 3.34. The third-order valence-corrected chi connectivity index (χ3v) is 3.34. The Hall–Kier alpha value is -1.20. The molecule has 122 valence electrons. The van der Waals surface area contributed by atoms with Crippen molar-refractivity contribution >= 4 is 11.7 Å². The molecule has 21 heavy (non-hydrogen) atoms. The number of ketones is 1. The first-order chi connectivity index (χ1) is 9.94. The summed E-state index contributed by atoms with van der Waals surface area (Å²) in [6.45, 7) is 11.8. The van der Waals surface area contributed by atoms with Gasteiger partial charge < -0.3 is 14.8 Å². The lowest BCUT2D eigenvalue weighted by Gasteiger charge is -2.21. The van der Waals surface area contributed by atoms with Gasteiger partial charge in [0.1, 0.15) is 0 Å². The fraction of sp³-hybridized carbons (Fsp3) is 0.750. The van der Waals surface area contributed by atoms with Crippen LogP contribution in [0.2, 0.25) is 0 Å². The topological polar surface area (TPSA) is 64.6 Å². The molecule has 0 aromatic rings. The van der Waals surface area contributed by atoms with Gasteiger partial charge in [-0.3, -0.25) is 9.59 Å². The number of allylic oxidation sites excluding steroid dienone is 1. The lowest BCUT2D eigenvalue weighted by Crippen LogP contribution is -2.38. The molecule has 1 amide bonds. The molecule has 0 atom stereocenters. The Balaban J connectivity index is 3.36. The maximum Gasteiger partial charge on any atom is 0.225 e. The zero-order chi connectivity index (χ0) is 16.1. The van der Waals surface area contributed by atoms with Crippen LogP contribution < -0.4 is 5.32 Å². The fourth-order valence-electron chi connectivity index (χ4n) is 1.41. The molecule has 5 nitrogen and oxygen atoms in total. The first kappa shape index (κ1) is 19.8. The van der Waals surface area contributed by atoms with Gasteiger partial charge in [0.25, 0.3) is 0 Å². The molecule has 1 N–H and O–H groups in total. The van der Waals surface area contributed by atoms with Crippen LogP contribution >= 0.6 is 0 Å². The predicted molar refractivity (Wildman–Crippen MR) is 83.2 cm³/mol. The SMILES string of the molecule is C=CC(=O)CCCOCCOCCNC(=O)C(C)(C)CC. The molecule has 0 bridgehead atoms. The third kappa shape index (κ3) is 10.2. The van der Waals surface area contributed by atoms with Crippen molar-refractivity contribution in [3.63, 3.8) is 0 Å². The van der Waals surface area contributed by atoms with E-state index < -0.39 is 0 Å². The zero-order valence-corrected chi connectivity index (χ0v) is 13.6. The second-order valence-electron chi connectivity index (χ2n) is 5.49. The van der Waals surface area contributed by atoms with E-state index in [1.165, 1.54) is 6.08 Å². The zero-order valence-electron chi connectivity index (χ0n) is 13.6. The molecule has 0 spiro atoms. The molecule has 0 aromatic heterocycles. The Morgan fingerprint density at radius 1 is 1.14 bits per heavy atom. The Morgan fingerprint density at radius 2 is 1.76 bits per heavy atom. The van der Waals surface area contributed by atoms with Crippen LogP contribution in [0.25, 0.3) is 0 Å². The van der Waals surface area contributed by atoms with Gasteiger partial charge in [0.2, 0.25) is 5.91 Å². The minimum Gasteiger partial charge on any atom is -0.379 e. The van der Waals surface area contributed by atoms with Crippen LogP contribution in [-0.4, -0.2) is 44.7 Å². The minimum absolute atomic E-state index is 0.0422. The standard InChI is InChI=1S/C16H29NO4/c1-5-14(18)8-7-10-20-12-13-21-11-9-17-15(19)16(3,4)6-2/h5H,1,6-13H2,2-4H3,(H,17,19). The lowest BCUT2D eigenvalue weighted by atomic mass is 9.89. The normalized spacial score (nSPS) is 11.2. The van der Waals surface area contributed by atoms with E-state index >= 15 is 0 Å². The molecular formula is C16H29NO4. The van der Waals surface area contributed by atoms with Gasteiger partial charge in [0.15, 0.2) is 5.78 Å². The number of ether oxygens (including phenoxy) is 2. The molecule has 0 saturated carbocycles. The molecule has 0 unspecified atom stereocenters. The summed E-state index contributed by atoms with van der Waals surface area (Å²) < 4.78 is 10.7. The van der Waals surface area contributed by atoms with Crippen molar-refractivity contribution in [1.82, 2.24) is 5.32 Å². The number of hydrogen-bond donors (Lipinski definition) is 1. The average Bonchev–Trinajstić information content (AvgIpc) is 2.48. The number of amides is 1. The van der Waals surface area contributed by atoms with Crippen LogP contribution in [0.15, 0.2) is 12.7 Å². The number of hydrogen-bond acceptors (Lipinski definition) is 4. The summed E-state index contributed by atoms with van der Waals surface area (Å²) in [5.41, 5.74) is -0.327. The van der Waals surface area contributed by atoms with Gasteiger partial charge in [0, 0.05) is 25.0 Å². The monoisotopic (exact) mass is 299 g/mol. The van der Waals surface area contributed by atoms with Gasteiger partial charge in [0.05, 0.1) is 19.8 Å². The van der Waals surface area contributed by atoms with Crippen molar-refractivity contribution in [3.8, 4) is 0 Å². The van der Waals surface area contributed by atoms with E-state index in [0.29, 0.717) is 45.8 Å². The smallest absolute Gasteiger partial charge is 0.225 e. The van der Waals surface area contributed by atoms with E-state index in [1.807, 2.05) is 20.8 Å². The van der Waals surface area contributed by atoms with E-state index in [4.69, 9.17) is 9.47 Å². The van der Waals surface area contributed by atoms with Crippen LogP contribution in [-0.2, 0) is 19.1 Å². The summed E-state index contributed by atoms with van der Waals surface area (Å²) in [4.78, 5) is 22.7. The summed E-state index contributed by atoms with van der Waals surface area (Å²) in [7, 11) is 0. The van der Waals surface area contributed by atoms with Crippen molar-refractivity contribution in [3.05, 3.63) is 12.7 Å². The van der Waals surface area contributed by atoms with Crippen LogP contribution in [0.1, 0.15) is 40.0 Å². The number of carbonyl (C=O) groups is 2. The molecule has 0 radical (unpaired) electrons. The molecular weight excluding hydrogens is 270 g/mol. The molecule has 0 heterocycles. The number of rotatable bonds is 13. The first-order valence-electron chi connectivity index (χ1n) is 7.53. The molecule has 0 aliphatic heterocycles. The van der Waals surface area contributed by atoms with E-state index in [2.05, 4.69) is 11.9 Å². The summed E-state index contributed by atoms with van der Waals surface area (Å²) >= 11 is 0. The molecule has 0 rings (SSSR count). The van der Waals surface area contributed by atoms with Gasteiger partial charge in [-0.05, 0) is 18.9 Å². The summed E-state index contributed by atoms with van der Waals surface area (Å²) in [6.07, 6.45) is 3.32. The Kier molecular flexibility index (Phi) is 10.8. The van der Waals surface area contributed by atoms with Gasteiger partial charge in [-0.1, -0.05) is 27.4 Å². The van der Waals surface area contributed by atoms with Crippen molar-refractivity contribution in [1.29, 1.82) is 0 Å². The predicted octanol–water partition coefficient (Wildman–Crippen LogP) is 2.11. The second kappa shape index (κ2) is 11.5.